The van der Waals surface area contributed by atoms with Crippen LogP contribution in [0.5, 0.6) is 0 Å². The van der Waals surface area contributed by atoms with Crippen molar-refractivity contribution in [2.24, 2.45) is 0 Å². The first kappa shape index (κ1) is 9.87. The minimum Gasteiger partial charge on any atom is -0.310 e. The summed E-state index contributed by atoms with van der Waals surface area (Å²) in [5.41, 5.74) is 0.895. The normalized spacial score (nSPS) is 22.3. The predicted molar refractivity (Wildman–Crippen MR) is 53.8 cm³/mol. The van der Waals surface area contributed by atoms with Crippen LogP contribution in [0.15, 0.2) is 12.3 Å². The Morgan fingerprint density at radius 3 is 3.00 bits per heavy atom. The maximum atomic E-state index is 13.1. The number of piperidine rings is 1. The van der Waals surface area contributed by atoms with Gasteiger partial charge < -0.3 is 5.32 Å². The van der Waals surface area contributed by atoms with Gasteiger partial charge in [-0.25, -0.2) is 9.37 Å². The maximum Gasteiger partial charge on any atom is 0.164 e. The number of aromatic nitrogens is 1. The third-order valence-electron chi connectivity index (χ3n) is 2.53. The molecule has 0 aromatic carbocycles. The van der Waals surface area contributed by atoms with E-state index < -0.39 is 5.82 Å². The highest BCUT2D eigenvalue weighted by molar-refractivity contribution is 6.29. The lowest BCUT2D eigenvalue weighted by molar-refractivity contribution is 0.410. The largest absolute Gasteiger partial charge is 0.310 e. The smallest absolute Gasteiger partial charge is 0.164 e. The van der Waals surface area contributed by atoms with Crippen LogP contribution in [0.4, 0.5) is 4.39 Å². The van der Waals surface area contributed by atoms with Gasteiger partial charge in [0.25, 0.3) is 0 Å². The molecule has 1 unspecified atom stereocenters. The van der Waals surface area contributed by atoms with Gasteiger partial charge in [0.15, 0.2) is 11.0 Å². The van der Waals surface area contributed by atoms with E-state index >= 15 is 0 Å². The first-order chi connectivity index (χ1) is 6.77. The Bertz CT molecular complexity index is 324. The SMILES string of the molecule is Fc1cc(C2CCCCN2)cnc1Cl. The van der Waals surface area contributed by atoms with Gasteiger partial charge in [-0.2, -0.15) is 0 Å². The number of pyridine rings is 1. The molecule has 1 aliphatic rings. The summed E-state index contributed by atoms with van der Waals surface area (Å²) in [6, 6.07) is 1.71. The molecule has 1 aliphatic heterocycles. The molecule has 0 saturated carbocycles. The molecule has 2 nitrogen and oxygen atoms in total. The van der Waals surface area contributed by atoms with Gasteiger partial charge in [0.05, 0.1) is 0 Å². The molecule has 1 atom stereocenters. The molecule has 4 heteroatoms. The average Bonchev–Trinajstić information content (AvgIpc) is 2.23. The van der Waals surface area contributed by atoms with Crippen LogP contribution in [0.1, 0.15) is 30.9 Å². The maximum absolute atomic E-state index is 13.1. The summed E-state index contributed by atoms with van der Waals surface area (Å²) < 4.78 is 13.1. The van der Waals surface area contributed by atoms with Crippen molar-refractivity contribution in [2.45, 2.75) is 25.3 Å². The highest BCUT2D eigenvalue weighted by Crippen LogP contribution is 2.24. The molecule has 0 spiro atoms. The van der Waals surface area contributed by atoms with E-state index in [2.05, 4.69) is 10.3 Å². The fraction of sp³-hybridized carbons (Fsp3) is 0.500. The van der Waals surface area contributed by atoms with Gasteiger partial charge in [0.1, 0.15) is 0 Å². The van der Waals surface area contributed by atoms with Crippen molar-refractivity contribution in [3.8, 4) is 0 Å². The molecule has 0 bridgehead atoms. The van der Waals surface area contributed by atoms with E-state index in [0.29, 0.717) is 0 Å². The average molecular weight is 215 g/mol. The predicted octanol–water partition coefficient (Wildman–Crippen LogP) is 2.69. The zero-order valence-electron chi connectivity index (χ0n) is 7.76. The molecule has 76 valence electrons. The van der Waals surface area contributed by atoms with Crippen molar-refractivity contribution in [1.29, 1.82) is 0 Å². The molecule has 1 aromatic rings. The van der Waals surface area contributed by atoms with E-state index in [1.165, 1.54) is 18.9 Å². The van der Waals surface area contributed by atoms with Gasteiger partial charge in [-0.15, -0.1) is 0 Å². The molecule has 1 aromatic heterocycles. The Kier molecular flexibility index (Phi) is 2.99. The summed E-state index contributed by atoms with van der Waals surface area (Å²) >= 11 is 5.51. The van der Waals surface area contributed by atoms with Crippen LogP contribution in [-0.4, -0.2) is 11.5 Å². The summed E-state index contributed by atoms with van der Waals surface area (Å²) in [6.45, 7) is 0.995. The number of halogens is 2. The second kappa shape index (κ2) is 4.24. The molecule has 2 heterocycles. The van der Waals surface area contributed by atoms with Gasteiger partial charge in [0.2, 0.25) is 0 Å². The molecular weight excluding hydrogens is 203 g/mol. The number of rotatable bonds is 1. The summed E-state index contributed by atoms with van der Waals surface area (Å²) in [5.74, 6) is -0.434. The van der Waals surface area contributed by atoms with E-state index in [4.69, 9.17) is 11.6 Å². The van der Waals surface area contributed by atoms with E-state index in [0.717, 1.165) is 18.5 Å². The molecule has 2 rings (SSSR count). The van der Waals surface area contributed by atoms with Crippen molar-refractivity contribution in [1.82, 2.24) is 10.3 Å². The first-order valence-electron chi connectivity index (χ1n) is 4.81. The first-order valence-corrected chi connectivity index (χ1v) is 5.19. The third kappa shape index (κ3) is 2.04. The number of hydrogen-bond acceptors (Lipinski definition) is 2. The van der Waals surface area contributed by atoms with Crippen molar-refractivity contribution < 1.29 is 4.39 Å². The standard InChI is InChI=1S/C10H12ClFN2/c11-10-8(12)5-7(6-14-10)9-3-1-2-4-13-9/h5-6,9,13H,1-4H2. The van der Waals surface area contributed by atoms with E-state index in [9.17, 15) is 4.39 Å². The Labute approximate surface area is 87.5 Å². The highest BCUT2D eigenvalue weighted by Gasteiger charge is 2.16. The molecule has 1 fully saturated rings. The Morgan fingerprint density at radius 2 is 2.36 bits per heavy atom. The molecular formula is C10H12ClFN2. The lowest BCUT2D eigenvalue weighted by Crippen LogP contribution is -2.26. The van der Waals surface area contributed by atoms with Crippen LogP contribution in [0, 0.1) is 5.82 Å². The minimum atomic E-state index is -0.434. The lowest BCUT2D eigenvalue weighted by Gasteiger charge is -2.23. The molecule has 0 aliphatic carbocycles. The molecule has 0 amide bonds. The van der Waals surface area contributed by atoms with Crippen molar-refractivity contribution >= 4 is 11.6 Å². The van der Waals surface area contributed by atoms with Crippen LogP contribution in [0.25, 0.3) is 0 Å². The van der Waals surface area contributed by atoms with Gasteiger partial charge in [0, 0.05) is 12.2 Å². The van der Waals surface area contributed by atoms with Crippen molar-refractivity contribution in [3.63, 3.8) is 0 Å². The van der Waals surface area contributed by atoms with Gasteiger partial charge in [-0.3, -0.25) is 0 Å². The minimum absolute atomic E-state index is 0.0513. The van der Waals surface area contributed by atoms with E-state index in [1.54, 1.807) is 6.20 Å². The van der Waals surface area contributed by atoms with Crippen LogP contribution >= 0.6 is 11.6 Å². The summed E-state index contributed by atoms with van der Waals surface area (Å²) in [4.78, 5) is 3.80. The zero-order chi connectivity index (χ0) is 9.97. The second-order valence-corrected chi connectivity index (χ2v) is 3.90. The summed E-state index contributed by atoms with van der Waals surface area (Å²) in [5, 5.41) is 3.28. The van der Waals surface area contributed by atoms with Crippen LogP contribution in [0.3, 0.4) is 0 Å². The van der Waals surface area contributed by atoms with Gasteiger partial charge >= 0.3 is 0 Å². The number of nitrogens with one attached hydrogen (secondary N) is 1. The van der Waals surface area contributed by atoms with Crippen molar-refractivity contribution in [3.05, 3.63) is 28.8 Å². The summed E-state index contributed by atoms with van der Waals surface area (Å²) in [6.07, 6.45) is 5.07. The highest BCUT2D eigenvalue weighted by atomic mass is 35.5. The van der Waals surface area contributed by atoms with Gasteiger partial charge in [-0.1, -0.05) is 18.0 Å². The molecule has 14 heavy (non-hydrogen) atoms. The van der Waals surface area contributed by atoms with Crippen molar-refractivity contribution in [2.75, 3.05) is 6.54 Å². The van der Waals surface area contributed by atoms with E-state index in [1.807, 2.05) is 0 Å². The Morgan fingerprint density at radius 1 is 1.50 bits per heavy atom. The quantitative estimate of drug-likeness (QED) is 0.728. The summed E-state index contributed by atoms with van der Waals surface area (Å²) in [7, 11) is 0. The monoisotopic (exact) mass is 214 g/mol. The van der Waals surface area contributed by atoms with E-state index in [-0.39, 0.29) is 11.2 Å². The van der Waals surface area contributed by atoms with Gasteiger partial charge in [-0.05, 0) is 31.0 Å². The fourth-order valence-corrected chi connectivity index (χ4v) is 1.87. The zero-order valence-corrected chi connectivity index (χ0v) is 8.52. The van der Waals surface area contributed by atoms with Crippen LogP contribution in [-0.2, 0) is 0 Å². The Balaban J connectivity index is 2.18. The topological polar surface area (TPSA) is 24.9 Å². The Hall–Kier alpha value is -0.670. The second-order valence-electron chi connectivity index (χ2n) is 3.54. The number of nitrogens with zero attached hydrogens (tertiary/aromatic N) is 1. The lowest BCUT2D eigenvalue weighted by atomic mass is 9.99. The van der Waals surface area contributed by atoms with Crippen LogP contribution in [0.2, 0.25) is 5.15 Å². The molecule has 0 radical (unpaired) electrons. The third-order valence-corrected chi connectivity index (χ3v) is 2.81. The molecule has 1 N–H and O–H groups in total. The molecule has 1 saturated heterocycles. The number of hydrogen-bond donors (Lipinski definition) is 1. The fourth-order valence-electron chi connectivity index (χ4n) is 1.76. The van der Waals surface area contributed by atoms with Crippen LogP contribution < -0.4 is 5.32 Å².